The van der Waals surface area contributed by atoms with Crippen molar-refractivity contribution in [2.45, 2.75) is 0 Å². The highest BCUT2D eigenvalue weighted by molar-refractivity contribution is 5.62. The molecule has 0 saturated carbocycles. The predicted octanol–water partition coefficient (Wildman–Crippen LogP) is 2.96. The van der Waals surface area contributed by atoms with Crippen LogP contribution in [0.25, 0.3) is 11.1 Å². The highest BCUT2D eigenvalue weighted by Crippen LogP contribution is 2.17. The van der Waals surface area contributed by atoms with E-state index in [0.29, 0.717) is 0 Å². The molecule has 1 heterocycles. The summed E-state index contributed by atoms with van der Waals surface area (Å²) in [5, 5.41) is 5.86. The molecule has 17 heavy (non-hydrogen) atoms. The van der Waals surface area contributed by atoms with Gasteiger partial charge in [-0.05, 0) is 11.1 Å². The summed E-state index contributed by atoms with van der Waals surface area (Å²) in [4.78, 5) is 0. The van der Waals surface area contributed by atoms with Crippen LogP contribution in [-0.2, 0) is 0 Å². The minimum Gasteiger partial charge on any atom is -0.373 e. The third-order valence-corrected chi connectivity index (χ3v) is 2.40. The van der Waals surface area contributed by atoms with Crippen LogP contribution in [0.2, 0.25) is 0 Å². The van der Waals surface area contributed by atoms with Crippen molar-refractivity contribution in [3.05, 3.63) is 73.1 Å². The summed E-state index contributed by atoms with van der Waals surface area (Å²) >= 11 is 0. The fraction of sp³-hybridized carbons (Fsp3) is 0.0667. The molecule has 2 heteroatoms. The summed E-state index contributed by atoms with van der Waals surface area (Å²) in [7, 11) is 0. The van der Waals surface area contributed by atoms with Crippen LogP contribution in [0, 0.1) is 0 Å². The first-order chi connectivity index (χ1) is 8.47. The van der Waals surface area contributed by atoms with E-state index >= 15 is 0 Å². The summed E-state index contributed by atoms with van der Waals surface area (Å²) in [6, 6.07) is 20.8. The minimum atomic E-state index is 0.889. The van der Waals surface area contributed by atoms with Crippen molar-refractivity contribution >= 4 is 0 Å². The highest BCUT2D eigenvalue weighted by Gasteiger charge is 1.91. The van der Waals surface area contributed by atoms with E-state index < -0.39 is 0 Å². The predicted molar refractivity (Wildman–Crippen MR) is 72.2 cm³/mol. The molecule has 2 aromatic rings. The summed E-state index contributed by atoms with van der Waals surface area (Å²) in [5.41, 5.74) is 2.55. The van der Waals surface area contributed by atoms with Gasteiger partial charge in [0.15, 0.2) is 0 Å². The van der Waals surface area contributed by atoms with Crippen LogP contribution in [0.3, 0.4) is 0 Å². The van der Waals surface area contributed by atoms with E-state index in [-0.39, 0.29) is 0 Å². The summed E-state index contributed by atoms with van der Waals surface area (Å²) in [5.74, 6) is 0. The maximum atomic E-state index is 2.93. The van der Waals surface area contributed by atoms with E-state index in [1.807, 2.05) is 24.5 Å². The van der Waals surface area contributed by atoms with Gasteiger partial charge in [-0.3, -0.25) is 0 Å². The first-order valence-electron chi connectivity index (χ1n) is 5.69. The van der Waals surface area contributed by atoms with Crippen LogP contribution in [0.1, 0.15) is 0 Å². The standard InChI is InChI=1S/C12H10.C3H6N2/c1-3-7-11(8-4-1)12-9-5-2-6-10-12;1-2-5-3-4-1/h1-10H;1-2,4-5H,3H2. The second-order valence-electron chi connectivity index (χ2n) is 3.65. The van der Waals surface area contributed by atoms with Crippen LogP contribution >= 0.6 is 0 Å². The Morgan fingerprint density at radius 3 is 1.29 bits per heavy atom. The maximum absolute atomic E-state index is 2.93. The van der Waals surface area contributed by atoms with E-state index in [1.165, 1.54) is 11.1 Å². The Kier molecular flexibility index (Phi) is 4.23. The summed E-state index contributed by atoms with van der Waals surface area (Å²) in [6.07, 6.45) is 3.75. The first kappa shape index (κ1) is 11.3. The Balaban J connectivity index is 0.000000181. The molecule has 1 aliphatic rings. The smallest absolute Gasteiger partial charge is 0.0840 e. The largest absolute Gasteiger partial charge is 0.373 e. The van der Waals surface area contributed by atoms with Crippen LogP contribution in [0.5, 0.6) is 0 Å². The van der Waals surface area contributed by atoms with Gasteiger partial charge < -0.3 is 10.6 Å². The van der Waals surface area contributed by atoms with Gasteiger partial charge in [-0.1, -0.05) is 60.7 Å². The van der Waals surface area contributed by atoms with Gasteiger partial charge >= 0.3 is 0 Å². The Morgan fingerprint density at radius 1 is 0.588 bits per heavy atom. The van der Waals surface area contributed by atoms with Gasteiger partial charge in [-0.2, -0.15) is 0 Å². The van der Waals surface area contributed by atoms with Crippen molar-refractivity contribution in [2.75, 3.05) is 6.67 Å². The molecule has 0 bridgehead atoms. The Labute approximate surface area is 102 Å². The Hall–Kier alpha value is -2.22. The number of hydrogen-bond acceptors (Lipinski definition) is 2. The van der Waals surface area contributed by atoms with Gasteiger partial charge in [-0.25, -0.2) is 0 Å². The second kappa shape index (κ2) is 6.38. The highest BCUT2D eigenvalue weighted by atomic mass is 15.1. The molecule has 0 spiro atoms. The zero-order valence-corrected chi connectivity index (χ0v) is 9.64. The number of benzene rings is 2. The summed E-state index contributed by atoms with van der Waals surface area (Å²) < 4.78 is 0. The minimum absolute atomic E-state index is 0.889. The molecule has 2 nitrogen and oxygen atoms in total. The van der Waals surface area contributed by atoms with Crippen molar-refractivity contribution in [3.8, 4) is 11.1 Å². The van der Waals surface area contributed by atoms with Crippen molar-refractivity contribution < 1.29 is 0 Å². The fourth-order valence-electron chi connectivity index (χ4n) is 1.56. The maximum Gasteiger partial charge on any atom is 0.0840 e. The molecule has 0 radical (unpaired) electrons. The molecular weight excluding hydrogens is 208 g/mol. The lowest BCUT2D eigenvalue weighted by Gasteiger charge is -1.98. The van der Waals surface area contributed by atoms with E-state index in [9.17, 15) is 0 Å². The normalized spacial score (nSPS) is 12.0. The molecule has 0 amide bonds. The Morgan fingerprint density at radius 2 is 1.00 bits per heavy atom. The lowest BCUT2D eigenvalue weighted by Crippen LogP contribution is -2.10. The Bertz CT molecular complexity index is 405. The summed E-state index contributed by atoms with van der Waals surface area (Å²) in [6.45, 7) is 0.889. The van der Waals surface area contributed by atoms with Crippen LogP contribution in [-0.4, -0.2) is 6.67 Å². The molecule has 3 rings (SSSR count). The number of rotatable bonds is 1. The third-order valence-electron chi connectivity index (χ3n) is 2.40. The van der Waals surface area contributed by atoms with Crippen LogP contribution < -0.4 is 10.6 Å². The average molecular weight is 224 g/mol. The van der Waals surface area contributed by atoms with E-state index in [0.717, 1.165) is 6.67 Å². The quantitative estimate of drug-likeness (QED) is 0.778. The molecule has 0 atom stereocenters. The van der Waals surface area contributed by atoms with E-state index in [2.05, 4.69) is 59.2 Å². The van der Waals surface area contributed by atoms with E-state index in [4.69, 9.17) is 0 Å². The number of nitrogens with one attached hydrogen (secondary N) is 2. The van der Waals surface area contributed by atoms with Crippen molar-refractivity contribution in [3.63, 3.8) is 0 Å². The van der Waals surface area contributed by atoms with E-state index in [1.54, 1.807) is 0 Å². The molecule has 0 aromatic heterocycles. The molecule has 2 N–H and O–H groups in total. The lowest BCUT2D eigenvalue weighted by molar-refractivity contribution is 0.836. The van der Waals surface area contributed by atoms with Gasteiger partial charge in [0.2, 0.25) is 0 Å². The van der Waals surface area contributed by atoms with Gasteiger partial charge in [-0.15, -0.1) is 0 Å². The molecule has 0 unspecified atom stereocenters. The third kappa shape index (κ3) is 3.68. The number of hydrogen-bond donors (Lipinski definition) is 2. The average Bonchev–Trinajstić information content (AvgIpc) is 3.00. The fourth-order valence-corrected chi connectivity index (χ4v) is 1.56. The topological polar surface area (TPSA) is 24.1 Å². The van der Waals surface area contributed by atoms with Crippen molar-refractivity contribution in [1.82, 2.24) is 10.6 Å². The molecule has 0 saturated heterocycles. The van der Waals surface area contributed by atoms with Crippen molar-refractivity contribution in [1.29, 1.82) is 0 Å². The van der Waals surface area contributed by atoms with Crippen molar-refractivity contribution in [2.24, 2.45) is 0 Å². The molecule has 1 aliphatic heterocycles. The molecule has 0 fully saturated rings. The zero-order valence-electron chi connectivity index (χ0n) is 9.64. The van der Waals surface area contributed by atoms with Gasteiger partial charge in [0, 0.05) is 12.4 Å². The molecular formula is C15H16N2. The SMILES string of the molecule is C1=CNCN1.c1ccc(-c2ccccc2)cc1. The van der Waals surface area contributed by atoms with Crippen LogP contribution in [0.15, 0.2) is 73.1 Å². The monoisotopic (exact) mass is 224 g/mol. The molecule has 0 aliphatic carbocycles. The molecule has 86 valence electrons. The first-order valence-corrected chi connectivity index (χ1v) is 5.69. The lowest BCUT2D eigenvalue weighted by atomic mass is 10.1. The van der Waals surface area contributed by atoms with Gasteiger partial charge in [0.05, 0.1) is 6.67 Å². The zero-order chi connectivity index (χ0) is 11.8. The second-order valence-corrected chi connectivity index (χ2v) is 3.65. The van der Waals surface area contributed by atoms with Crippen LogP contribution in [0.4, 0.5) is 0 Å². The van der Waals surface area contributed by atoms with Gasteiger partial charge in [0.25, 0.3) is 0 Å². The molecule has 2 aromatic carbocycles. The van der Waals surface area contributed by atoms with Gasteiger partial charge in [0.1, 0.15) is 0 Å².